The summed E-state index contributed by atoms with van der Waals surface area (Å²) in [6.07, 6.45) is 0.512. The van der Waals surface area contributed by atoms with Gasteiger partial charge in [0.1, 0.15) is 6.10 Å². The van der Waals surface area contributed by atoms with Crippen LogP contribution < -0.4 is 0 Å². The van der Waals surface area contributed by atoms with E-state index in [1.807, 2.05) is 36.4 Å². The normalized spacial score (nSPS) is 12.7. The van der Waals surface area contributed by atoms with E-state index in [9.17, 15) is 5.11 Å². The van der Waals surface area contributed by atoms with Crippen LogP contribution in [0.3, 0.4) is 0 Å². The highest BCUT2D eigenvalue weighted by molar-refractivity contribution is 9.10. The van der Waals surface area contributed by atoms with E-state index >= 15 is 0 Å². The average molecular weight is 319 g/mol. The molecule has 19 heavy (non-hydrogen) atoms. The maximum atomic E-state index is 10.4. The standard InChI is InChI=1S/C17H19BrO/c1-12(2)10-13-6-8-14(9-7-13)17(19)15-4-3-5-16(18)11-15/h3-9,11-12,17,19H,10H2,1-2H3. The van der Waals surface area contributed by atoms with Gasteiger partial charge in [-0.25, -0.2) is 0 Å². The molecule has 2 aromatic carbocycles. The van der Waals surface area contributed by atoms with E-state index in [2.05, 4.69) is 41.9 Å². The van der Waals surface area contributed by atoms with Crippen molar-refractivity contribution < 1.29 is 5.11 Å². The Balaban J connectivity index is 2.17. The van der Waals surface area contributed by atoms with Crippen LogP contribution in [0.4, 0.5) is 0 Å². The molecule has 0 fully saturated rings. The van der Waals surface area contributed by atoms with Gasteiger partial charge in [0.05, 0.1) is 0 Å². The summed E-state index contributed by atoms with van der Waals surface area (Å²) >= 11 is 3.43. The molecule has 0 saturated heterocycles. The monoisotopic (exact) mass is 318 g/mol. The fraction of sp³-hybridized carbons (Fsp3) is 0.294. The van der Waals surface area contributed by atoms with Gasteiger partial charge >= 0.3 is 0 Å². The predicted molar refractivity (Wildman–Crippen MR) is 83.2 cm³/mol. The molecule has 0 amide bonds. The van der Waals surface area contributed by atoms with Crippen LogP contribution in [0.25, 0.3) is 0 Å². The van der Waals surface area contributed by atoms with Crippen LogP contribution in [0, 0.1) is 5.92 Å². The zero-order valence-corrected chi connectivity index (χ0v) is 12.9. The second-order valence-corrected chi connectivity index (χ2v) is 6.21. The number of benzene rings is 2. The van der Waals surface area contributed by atoms with Crippen molar-refractivity contribution in [2.75, 3.05) is 0 Å². The summed E-state index contributed by atoms with van der Waals surface area (Å²) in [4.78, 5) is 0. The summed E-state index contributed by atoms with van der Waals surface area (Å²) < 4.78 is 0.987. The van der Waals surface area contributed by atoms with E-state index in [4.69, 9.17) is 0 Å². The van der Waals surface area contributed by atoms with Crippen molar-refractivity contribution in [3.63, 3.8) is 0 Å². The van der Waals surface area contributed by atoms with Crippen LogP contribution in [0.2, 0.25) is 0 Å². The molecule has 0 spiro atoms. The minimum absolute atomic E-state index is 0.564. The first kappa shape index (κ1) is 14.3. The second-order valence-electron chi connectivity index (χ2n) is 5.30. The van der Waals surface area contributed by atoms with Crippen molar-refractivity contribution >= 4 is 15.9 Å². The van der Waals surface area contributed by atoms with Crippen LogP contribution >= 0.6 is 15.9 Å². The van der Waals surface area contributed by atoms with Gasteiger partial charge in [-0.2, -0.15) is 0 Å². The Morgan fingerprint density at radius 1 is 1.00 bits per heavy atom. The predicted octanol–water partition coefficient (Wildman–Crippen LogP) is 4.73. The smallest absolute Gasteiger partial charge is 0.104 e. The largest absolute Gasteiger partial charge is 0.384 e. The van der Waals surface area contributed by atoms with E-state index in [1.165, 1.54) is 5.56 Å². The maximum Gasteiger partial charge on any atom is 0.104 e. The minimum Gasteiger partial charge on any atom is -0.384 e. The first-order valence-corrected chi connectivity index (χ1v) is 7.38. The number of hydrogen-bond acceptors (Lipinski definition) is 1. The minimum atomic E-state index is -0.564. The zero-order chi connectivity index (χ0) is 13.8. The average Bonchev–Trinajstić information content (AvgIpc) is 2.38. The molecule has 0 radical (unpaired) electrons. The molecule has 2 aromatic rings. The number of hydrogen-bond donors (Lipinski definition) is 1. The quantitative estimate of drug-likeness (QED) is 0.864. The van der Waals surface area contributed by atoms with Gasteiger partial charge < -0.3 is 5.11 Å². The SMILES string of the molecule is CC(C)Cc1ccc(C(O)c2cccc(Br)c2)cc1. The summed E-state index contributed by atoms with van der Waals surface area (Å²) in [5.41, 5.74) is 3.16. The first-order valence-electron chi connectivity index (χ1n) is 6.58. The van der Waals surface area contributed by atoms with Crippen molar-refractivity contribution in [1.29, 1.82) is 0 Å². The molecule has 0 aliphatic rings. The Bertz CT molecular complexity index is 531. The van der Waals surface area contributed by atoms with Gasteiger partial charge in [0, 0.05) is 4.47 Å². The van der Waals surface area contributed by atoms with E-state index in [0.29, 0.717) is 5.92 Å². The molecule has 2 heteroatoms. The molecule has 0 saturated carbocycles. The molecule has 0 bridgehead atoms. The Hall–Kier alpha value is -1.12. The van der Waals surface area contributed by atoms with Crippen molar-refractivity contribution in [1.82, 2.24) is 0 Å². The number of rotatable bonds is 4. The van der Waals surface area contributed by atoms with Crippen LogP contribution in [0.5, 0.6) is 0 Å². The van der Waals surface area contributed by atoms with Gasteiger partial charge in [-0.15, -0.1) is 0 Å². The third-order valence-corrected chi connectivity index (χ3v) is 3.60. The Kier molecular flexibility index (Phi) is 4.78. The molecule has 2 rings (SSSR count). The molecule has 0 aliphatic carbocycles. The summed E-state index contributed by atoms with van der Waals surface area (Å²) in [6.45, 7) is 4.43. The maximum absolute atomic E-state index is 10.4. The molecule has 1 unspecified atom stereocenters. The number of aliphatic hydroxyl groups is 1. The molecule has 1 atom stereocenters. The lowest BCUT2D eigenvalue weighted by molar-refractivity contribution is 0.220. The van der Waals surface area contributed by atoms with Gasteiger partial charge in [0.25, 0.3) is 0 Å². The van der Waals surface area contributed by atoms with Gasteiger partial charge in [-0.3, -0.25) is 0 Å². The first-order chi connectivity index (χ1) is 9.06. The van der Waals surface area contributed by atoms with Crippen LogP contribution in [-0.4, -0.2) is 5.11 Å². The lowest BCUT2D eigenvalue weighted by atomic mass is 9.97. The molecular weight excluding hydrogens is 300 g/mol. The van der Waals surface area contributed by atoms with Crippen molar-refractivity contribution in [3.05, 3.63) is 69.7 Å². The molecule has 0 heterocycles. The van der Waals surface area contributed by atoms with Crippen molar-refractivity contribution in [3.8, 4) is 0 Å². The van der Waals surface area contributed by atoms with E-state index < -0.39 is 6.10 Å². The molecule has 100 valence electrons. The van der Waals surface area contributed by atoms with Crippen molar-refractivity contribution in [2.45, 2.75) is 26.4 Å². The lowest BCUT2D eigenvalue weighted by Gasteiger charge is -2.13. The van der Waals surface area contributed by atoms with Crippen LogP contribution in [0.15, 0.2) is 53.0 Å². The van der Waals surface area contributed by atoms with Gasteiger partial charge in [0.2, 0.25) is 0 Å². The molecule has 0 aromatic heterocycles. The van der Waals surface area contributed by atoms with Gasteiger partial charge in [-0.05, 0) is 41.2 Å². The summed E-state index contributed by atoms with van der Waals surface area (Å²) in [6, 6.07) is 16.0. The van der Waals surface area contributed by atoms with Crippen LogP contribution in [-0.2, 0) is 6.42 Å². The topological polar surface area (TPSA) is 20.2 Å². The summed E-state index contributed by atoms with van der Waals surface area (Å²) in [7, 11) is 0. The van der Waals surface area contributed by atoms with Gasteiger partial charge in [-0.1, -0.05) is 66.2 Å². The zero-order valence-electron chi connectivity index (χ0n) is 11.3. The third-order valence-electron chi connectivity index (χ3n) is 3.10. The van der Waals surface area contributed by atoms with E-state index in [1.54, 1.807) is 0 Å². The highest BCUT2D eigenvalue weighted by Crippen LogP contribution is 2.25. The van der Waals surface area contributed by atoms with Crippen molar-refractivity contribution in [2.24, 2.45) is 5.92 Å². The van der Waals surface area contributed by atoms with E-state index in [0.717, 1.165) is 22.0 Å². The molecule has 1 nitrogen and oxygen atoms in total. The lowest BCUT2D eigenvalue weighted by Crippen LogP contribution is -2.00. The van der Waals surface area contributed by atoms with Crippen LogP contribution in [0.1, 0.15) is 36.6 Å². The fourth-order valence-corrected chi connectivity index (χ4v) is 2.59. The third kappa shape index (κ3) is 3.92. The highest BCUT2D eigenvalue weighted by atomic mass is 79.9. The fourth-order valence-electron chi connectivity index (χ4n) is 2.18. The van der Waals surface area contributed by atoms with E-state index in [-0.39, 0.29) is 0 Å². The Morgan fingerprint density at radius 2 is 1.68 bits per heavy atom. The molecule has 1 N–H and O–H groups in total. The second kappa shape index (κ2) is 6.36. The Morgan fingerprint density at radius 3 is 2.26 bits per heavy atom. The summed E-state index contributed by atoms with van der Waals surface area (Å²) in [5, 5.41) is 10.4. The molecule has 0 aliphatic heterocycles. The van der Waals surface area contributed by atoms with Gasteiger partial charge in [0.15, 0.2) is 0 Å². The number of halogens is 1. The highest BCUT2D eigenvalue weighted by Gasteiger charge is 2.10. The Labute approximate surface area is 123 Å². The summed E-state index contributed by atoms with van der Waals surface area (Å²) in [5.74, 6) is 0.654. The number of aliphatic hydroxyl groups excluding tert-OH is 1. The molecular formula is C17H19BrO.